The Hall–Kier alpha value is -4.34. The number of sulfonamides is 1. The molecule has 4 bridgehead atoms. The molecule has 6 rings (SSSR count). The molecule has 54 heavy (non-hydrogen) atoms. The van der Waals surface area contributed by atoms with Gasteiger partial charge in [0.2, 0.25) is 21.8 Å². The summed E-state index contributed by atoms with van der Waals surface area (Å²) in [7, 11) is -2.31. The quantitative estimate of drug-likeness (QED) is 0.364. The van der Waals surface area contributed by atoms with Crippen molar-refractivity contribution in [2.45, 2.75) is 116 Å². The first kappa shape index (κ1) is 39.4. The number of allylic oxidation sites excluding steroid dienone is 1. The van der Waals surface area contributed by atoms with E-state index >= 15 is 0 Å². The van der Waals surface area contributed by atoms with Crippen LogP contribution >= 0.6 is 0 Å². The van der Waals surface area contributed by atoms with Crippen LogP contribution in [0.4, 0.5) is 9.59 Å². The van der Waals surface area contributed by atoms with E-state index in [-0.39, 0.29) is 51.6 Å². The average molecular weight is 773 g/mol. The number of cyclic esters (lactones) is 1. The van der Waals surface area contributed by atoms with Crippen molar-refractivity contribution in [3.8, 4) is 11.5 Å². The van der Waals surface area contributed by atoms with Crippen molar-refractivity contribution in [2.75, 3.05) is 26.9 Å². The molecule has 15 nitrogen and oxygen atoms in total. The number of methoxy groups -OCH3 is 1. The van der Waals surface area contributed by atoms with Crippen LogP contribution in [0.25, 0.3) is 0 Å². The minimum absolute atomic E-state index is 0.0399. The molecule has 3 heterocycles. The lowest BCUT2D eigenvalue weighted by atomic mass is 9.85. The molecule has 3 aliphatic heterocycles. The number of hydrogen-bond donors (Lipinski definition) is 2. The summed E-state index contributed by atoms with van der Waals surface area (Å²) in [6.45, 7) is 7.86. The molecular formula is C38H52N4O11S. The zero-order valence-electron chi connectivity index (χ0n) is 31.7. The number of Topliss-reactive ketones (excluding diaryl/α,β-unsaturated/α-hetero) is 1. The van der Waals surface area contributed by atoms with Gasteiger partial charge in [0.05, 0.1) is 43.5 Å². The Morgan fingerprint density at radius 1 is 1.09 bits per heavy atom. The molecule has 2 aliphatic carbocycles. The molecule has 1 aromatic carbocycles. The van der Waals surface area contributed by atoms with E-state index in [1.807, 2.05) is 25.1 Å². The molecule has 296 valence electrons. The largest absolute Gasteiger partial charge is 0.493 e. The van der Waals surface area contributed by atoms with E-state index in [0.29, 0.717) is 50.0 Å². The van der Waals surface area contributed by atoms with Gasteiger partial charge in [0.25, 0.3) is 0 Å². The number of hydrogen-bond acceptors (Lipinski definition) is 11. The van der Waals surface area contributed by atoms with Crippen LogP contribution in [0, 0.1) is 16.7 Å². The van der Waals surface area contributed by atoms with E-state index in [4.69, 9.17) is 18.9 Å². The fourth-order valence-electron chi connectivity index (χ4n) is 7.79. The molecule has 16 heteroatoms. The van der Waals surface area contributed by atoms with Gasteiger partial charge in [0.15, 0.2) is 17.3 Å². The van der Waals surface area contributed by atoms with Crippen molar-refractivity contribution in [1.82, 2.24) is 19.8 Å². The maximum absolute atomic E-state index is 14.5. The number of rotatable bonds is 8. The third kappa shape index (κ3) is 8.32. The summed E-state index contributed by atoms with van der Waals surface area (Å²) in [4.78, 5) is 71.9. The normalized spacial score (nSPS) is 28.5. The fourth-order valence-corrected chi connectivity index (χ4v) is 9.17. The number of carbonyl (C=O) groups is 5. The molecule has 0 aromatic heterocycles. The highest BCUT2D eigenvalue weighted by molar-refractivity contribution is 7.90. The zero-order valence-corrected chi connectivity index (χ0v) is 32.5. The van der Waals surface area contributed by atoms with Crippen molar-refractivity contribution in [3.63, 3.8) is 0 Å². The summed E-state index contributed by atoms with van der Waals surface area (Å²) in [5, 5.41) is 2.09. The van der Waals surface area contributed by atoms with Gasteiger partial charge >= 0.3 is 12.2 Å². The molecule has 0 radical (unpaired) electrons. The minimum Gasteiger partial charge on any atom is -0.493 e. The van der Waals surface area contributed by atoms with Gasteiger partial charge in [-0.05, 0) is 55.1 Å². The Labute approximate surface area is 316 Å². The second-order valence-electron chi connectivity index (χ2n) is 16.1. The van der Waals surface area contributed by atoms with Crippen LogP contribution in [0.2, 0.25) is 0 Å². The molecule has 2 saturated carbocycles. The first-order valence-electron chi connectivity index (χ1n) is 18.8. The van der Waals surface area contributed by atoms with Gasteiger partial charge in [0.1, 0.15) is 18.8 Å². The van der Waals surface area contributed by atoms with E-state index in [0.717, 1.165) is 11.1 Å². The summed E-state index contributed by atoms with van der Waals surface area (Å²) < 4.78 is 50.8. The number of benzene rings is 1. The summed E-state index contributed by atoms with van der Waals surface area (Å²) in [5.41, 5.74) is -0.398. The number of fused-ring (bicyclic) bond motifs is 3. The van der Waals surface area contributed by atoms with Crippen LogP contribution in [-0.4, -0.2) is 98.3 Å². The Kier molecular flexibility index (Phi) is 11.2. The lowest BCUT2D eigenvalue weighted by molar-refractivity contribution is -0.142. The van der Waals surface area contributed by atoms with Gasteiger partial charge in [-0.25, -0.2) is 18.0 Å². The Morgan fingerprint density at radius 3 is 2.52 bits per heavy atom. The van der Waals surface area contributed by atoms with Gasteiger partial charge in [-0.15, -0.1) is 0 Å². The summed E-state index contributed by atoms with van der Waals surface area (Å²) in [6, 6.07) is 1.43. The molecule has 5 aliphatic rings. The van der Waals surface area contributed by atoms with Crippen LogP contribution in [0.5, 0.6) is 11.5 Å². The lowest BCUT2D eigenvalue weighted by Crippen LogP contribution is -2.57. The molecule has 1 saturated heterocycles. The number of carbonyl (C=O) groups excluding carboxylic acids is 5. The maximum Gasteiger partial charge on any atom is 0.410 e. The van der Waals surface area contributed by atoms with Crippen molar-refractivity contribution < 1.29 is 51.3 Å². The smallest absolute Gasteiger partial charge is 0.410 e. The SMILES string of the molecule is CC[C@H]1C[C@@]1(CC(=O)C1C[C@@H]2CN1C(=O)[C@H](C(C)(C)C)NC(=O)OCCC/C=C/COc1c(OC)ccc3c1CN(C3)C(=O)O2)C(=O)NS(=O)(=O)C1CC1. The number of ether oxygens (including phenoxy) is 4. The van der Waals surface area contributed by atoms with E-state index in [1.54, 1.807) is 33.9 Å². The molecule has 1 aromatic rings. The second-order valence-corrected chi connectivity index (χ2v) is 18.1. The summed E-state index contributed by atoms with van der Waals surface area (Å²) in [5.74, 6) is -0.886. The first-order valence-corrected chi connectivity index (χ1v) is 20.4. The van der Waals surface area contributed by atoms with E-state index in [2.05, 4.69) is 10.0 Å². The molecule has 3 fully saturated rings. The van der Waals surface area contributed by atoms with Crippen LogP contribution in [0.3, 0.4) is 0 Å². The average Bonchev–Trinajstić information content (AvgIpc) is 4.01. The third-order valence-electron chi connectivity index (χ3n) is 11.2. The van der Waals surface area contributed by atoms with Crippen molar-refractivity contribution in [3.05, 3.63) is 35.4 Å². The molecule has 5 atom stereocenters. The molecule has 0 spiro atoms. The number of alkyl carbamates (subject to hydrolysis) is 1. The Morgan fingerprint density at radius 2 is 1.85 bits per heavy atom. The number of nitrogens with one attached hydrogen (secondary N) is 2. The van der Waals surface area contributed by atoms with Crippen molar-refractivity contribution in [2.24, 2.45) is 16.7 Å². The van der Waals surface area contributed by atoms with Gasteiger partial charge in [-0.1, -0.05) is 52.3 Å². The highest BCUT2D eigenvalue weighted by atomic mass is 32.2. The predicted octanol–water partition coefficient (Wildman–Crippen LogP) is 3.97. The molecular weight excluding hydrogens is 721 g/mol. The van der Waals surface area contributed by atoms with Crippen molar-refractivity contribution in [1.29, 1.82) is 0 Å². The second kappa shape index (κ2) is 15.4. The monoisotopic (exact) mass is 772 g/mol. The van der Waals surface area contributed by atoms with E-state index in [1.165, 1.54) is 9.80 Å². The highest BCUT2D eigenvalue weighted by Crippen LogP contribution is 2.58. The standard InChI is InChI=1S/C38H52N4O11S/c1-6-24-18-38(24,34(45)40-54(48,49)26-12-13-26)19-29(43)28-17-25-21-42(28)33(44)32(37(2,3)4)39-35(46)52-16-10-8-7-9-15-51-31-27-22-41(36(47)53-25)20-23(27)11-14-30(31)50-5/h7,9,11,14,24-26,28,32H,6,8,10,12-13,15-22H2,1-5H3,(H,39,46)(H,40,45)/b9-7+/t24-,25+,28?,32+,38-/m0/s1. The Bertz CT molecular complexity index is 1800. The lowest BCUT2D eigenvalue weighted by Gasteiger charge is -2.35. The van der Waals surface area contributed by atoms with Gasteiger partial charge in [-0.3, -0.25) is 24.0 Å². The van der Waals surface area contributed by atoms with Crippen LogP contribution in [0.1, 0.15) is 90.2 Å². The summed E-state index contributed by atoms with van der Waals surface area (Å²) in [6.07, 6.45) is 4.09. The third-order valence-corrected chi connectivity index (χ3v) is 13.0. The van der Waals surface area contributed by atoms with E-state index < -0.39 is 74.1 Å². The fraction of sp³-hybridized carbons (Fsp3) is 0.658. The van der Waals surface area contributed by atoms with Gasteiger partial charge in [0, 0.05) is 24.9 Å². The van der Waals surface area contributed by atoms with Crippen LogP contribution in [0.15, 0.2) is 24.3 Å². The van der Waals surface area contributed by atoms with E-state index in [9.17, 15) is 32.4 Å². The van der Waals surface area contributed by atoms with Gasteiger partial charge < -0.3 is 29.2 Å². The minimum atomic E-state index is -3.85. The number of nitrogens with zero attached hydrogens (tertiary/aromatic N) is 2. The van der Waals surface area contributed by atoms with Crippen molar-refractivity contribution >= 4 is 39.8 Å². The number of amides is 4. The van der Waals surface area contributed by atoms with Gasteiger partial charge in [-0.2, -0.15) is 0 Å². The highest BCUT2D eigenvalue weighted by Gasteiger charge is 2.62. The first-order chi connectivity index (χ1) is 25.6. The topological polar surface area (TPSA) is 187 Å². The molecule has 4 amide bonds. The Balaban J connectivity index is 1.27. The molecule has 1 unspecified atom stereocenters. The van der Waals surface area contributed by atoms with Crippen LogP contribution in [-0.2, 0) is 47.0 Å². The molecule has 2 N–H and O–H groups in total. The predicted molar refractivity (Wildman–Crippen MR) is 195 cm³/mol. The summed E-state index contributed by atoms with van der Waals surface area (Å²) >= 11 is 0. The number of ketones is 1. The van der Waals surface area contributed by atoms with Crippen LogP contribution < -0.4 is 19.5 Å². The maximum atomic E-state index is 14.5. The zero-order chi connectivity index (χ0) is 39.0.